The molecule has 0 spiro atoms. The van der Waals surface area contributed by atoms with Crippen LogP contribution in [-0.4, -0.2) is 171 Å². The number of nitrogen functional groups attached to an aromatic ring is 1. The maximum Gasteiger partial charge on any atom is 0.254 e. The maximum absolute atomic E-state index is 14.7. The number of hydrogen-bond acceptors (Lipinski definition) is 15. The number of likely N-dealkylation sites (N-methyl/N-ethyl adjacent to an activating group) is 1. The third-order valence-electron chi connectivity index (χ3n) is 15.5. The average molecular weight is 1150 g/mol. The molecule has 83 heavy (non-hydrogen) atoms. The van der Waals surface area contributed by atoms with E-state index in [1.165, 1.54) is 17.0 Å². The molecule has 452 valence electrons. The molecule has 7 rings (SSSR count). The first-order chi connectivity index (χ1) is 39.8. The second-order valence-corrected chi connectivity index (χ2v) is 22.5. The maximum atomic E-state index is 14.7. The number of anilines is 2. The lowest BCUT2D eigenvalue weighted by Gasteiger charge is -2.36. The first kappa shape index (κ1) is 63.5. The molecule has 2 aromatic heterocycles. The zero-order valence-electron chi connectivity index (χ0n) is 49.4. The number of likely N-dealkylation sites (tertiary alicyclic amines) is 1. The van der Waals surface area contributed by atoms with Crippen LogP contribution >= 0.6 is 0 Å². The molecular formula is C60H85FN12O10. The summed E-state index contributed by atoms with van der Waals surface area (Å²) in [5.74, 6) is -1.84. The Kier molecular flexibility index (Phi) is 22.9. The van der Waals surface area contributed by atoms with E-state index in [0.717, 1.165) is 40.9 Å². The molecule has 0 radical (unpaired) electrons. The highest BCUT2D eigenvalue weighted by molar-refractivity contribution is 5.96. The van der Waals surface area contributed by atoms with E-state index in [-0.39, 0.29) is 100 Å². The van der Waals surface area contributed by atoms with Crippen molar-refractivity contribution in [3.05, 3.63) is 94.7 Å². The summed E-state index contributed by atoms with van der Waals surface area (Å²) in [5.41, 5.74) is 11.6. The number of pyridine rings is 1. The predicted molar refractivity (Wildman–Crippen MR) is 311 cm³/mol. The number of ether oxygens (including phenoxy) is 4. The van der Waals surface area contributed by atoms with Gasteiger partial charge in [0.1, 0.15) is 23.7 Å². The van der Waals surface area contributed by atoms with Gasteiger partial charge in [0.05, 0.1) is 95.5 Å². The molecule has 2 aromatic carbocycles. The van der Waals surface area contributed by atoms with Crippen molar-refractivity contribution in [2.45, 2.75) is 129 Å². The first-order valence-electron chi connectivity index (χ1n) is 28.9. The van der Waals surface area contributed by atoms with Crippen LogP contribution < -0.4 is 37.2 Å². The van der Waals surface area contributed by atoms with Crippen molar-refractivity contribution >= 4 is 46.9 Å². The fourth-order valence-corrected chi connectivity index (χ4v) is 10.8. The van der Waals surface area contributed by atoms with Gasteiger partial charge in [-0.2, -0.15) is 5.10 Å². The smallest absolute Gasteiger partial charge is 0.254 e. The third kappa shape index (κ3) is 16.8. The summed E-state index contributed by atoms with van der Waals surface area (Å²) in [5, 5.41) is 19.8. The van der Waals surface area contributed by atoms with Crippen LogP contribution in [0.4, 0.5) is 15.9 Å². The van der Waals surface area contributed by atoms with Crippen molar-refractivity contribution in [2.75, 3.05) is 97.2 Å². The quantitative estimate of drug-likeness (QED) is 0.0453. The predicted octanol–water partition coefficient (Wildman–Crippen LogP) is 4.36. The summed E-state index contributed by atoms with van der Waals surface area (Å²) in [6.07, 6.45) is 4.33. The zero-order chi connectivity index (χ0) is 59.8. The molecule has 7 N–H and O–H groups in total. The van der Waals surface area contributed by atoms with Crippen LogP contribution in [0.1, 0.15) is 118 Å². The second kappa shape index (κ2) is 30.0. The van der Waals surface area contributed by atoms with Gasteiger partial charge in [0, 0.05) is 74.1 Å². The summed E-state index contributed by atoms with van der Waals surface area (Å²) >= 11 is 0. The third-order valence-corrected chi connectivity index (χ3v) is 15.5. The van der Waals surface area contributed by atoms with Crippen LogP contribution in [0.5, 0.6) is 0 Å². The largest absolute Gasteiger partial charge is 0.382 e. The van der Waals surface area contributed by atoms with Crippen molar-refractivity contribution in [1.82, 2.24) is 51.1 Å². The van der Waals surface area contributed by atoms with Crippen molar-refractivity contribution in [3.8, 4) is 11.1 Å². The van der Waals surface area contributed by atoms with Gasteiger partial charge in [0.15, 0.2) is 0 Å². The Morgan fingerprint density at radius 3 is 2.20 bits per heavy atom. The van der Waals surface area contributed by atoms with Gasteiger partial charge in [-0.15, -0.1) is 0 Å². The van der Waals surface area contributed by atoms with Crippen LogP contribution in [0.15, 0.2) is 60.8 Å². The molecular weight excluding hydrogens is 1070 g/mol. The van der Waals surface area contributed by atoms with E-state index in [4.69, 9.17) is 29.8 Å². The Bertz CT molecular complexity index is 2870. The number of carbonyl (C=O) groups excluding carboxylic acids is 6. The summed E-state index contributed by atoms with van der Waals surface area (Å²) in [7, 11) is 3.37. The number of nitrogens with zero attached hydrogens (tertiary/aromatic N) is 6. The standard InChI is InChI=1S/C60H85FN12O10/c1-9-46(40-14-11-10-12-15-40)67-57(77)50-34-43(36-72(50)59(79)54(60(4,5)6)68-56(76)38(2)63-7)66-52(75)20-25-81-27-29-83-31-30-82-28-26-80-24-19-51(74)64-21-23-73-39(3)53-41-32-49(55(62)65-35-41)71-22-13-16-48(71)45-33-42(61)17-18-44(45)58(78)70(8)37-47(53)69-73/h10-12,14-15,17-18,32-33,35,38,43,46,48,50,54,63H,9,13,16,19-31,34,36-37H2,1-8H3,(H2,62,65)(H,64,74)(H,66,75)(H,67,77)(H,68,76)/t38-,43-,46+,48-,50-,54+/m1/s1. The number of halogens is 1. The van der Waals surface area contributed by atoms with Crippen LogP contribution in [0, 0.1) is 18.2 Å². The van der Waals surface area contributed by atoms with Gasteiger partial charge < -0.3 is 66.0 Å². The van der Waals surface area contributed by atoms with Gasteiger partial charge in [0.2, 0.25) is 29.5 Å². The van der Waals surface area contributed by atoms with E-state index in [1.807, 2.05) is 75.7 Å². The van der Waals surface area contributed by atoms with Gasteiger partial charge in [-0.3, -0.25) is 33.4 Å². The monoisotopic (exact) mass is 1150 g/mol. The molecule has 2 saturated heterocycles. The molecule has 4 aromatic rings. The molecule has 2 bridgehead atoms. The van der Waals surface area contributed by atoms with E-state index in [2.05, 4.69) is 36.5 Å². The Labute approximate surface area is 486 Å². The minimum atomic E-state index is -0.932. The van der Waals surface area contributed by atoms with Crippen LogP contribution in [0.2, 0.25) is 0 Å². The summed E-state index contributed by atoms with van der Waals surface area (Å²) in [4.78, 5) is 91.1. The lowest BCUT2D eigenvalue weighted by Crippen LogP contribution is -2.59. The van der Waals surface area contributed by atoms with E-state index in [0.29, 0.717) is 75.1 Å². The number of benzene rings is 2. The van der Waals surface area contributed by atoms with Gasteiger partial charge in [-0.25, -0.2) is 9.37 Å². The van der Waals surface area contributed by atoms with E-state index < -0.39 is 41.3 Å². The van der Waals surface area contributed by atoms with Gasteiger partial charge >= 0.3 is 0 Å². The molecule has 3 aliphatic rings. The molecule has 3 aliphatic heterocycles. The first-order valence-corrected chi connectivity index (χ1v) is 28.9. The lowest BCUT2D eigenvalue weighted by molar-refractivity contribution is -0.144. The number of nitrogens with two attached hydrogens (primary N) is 1. The average Bonchev–Trinajstić information content (AvgIpc) is 4.03. The van der Waals surface area contributed by atoms with Crippen molar-refractivity contribution < 1.29 is 52.1 Å². The number of rotatable bonds is 27. The Hall–Kier alpha value is -7.05. The number of carbonyl (C=O) groups is 6. The summed E-state index contributed by atoms with van der Waals surface area (Å²) in [6, 6.07) is 12.5. The molecule has 6 amide bonds. The fourth-order valence-electron chi connectivity index (χ4n) is 10.8. The highest BCUT2D eigenvalue weighted by Gasteiger charge is 2.46. The Balaban J connectivity index is 0.771. The zero-order valence-corrected chi connectivity index (χ0v) is 49.4. The molecule has 2 fully saturated rings. The molecule has 5 heterocycles. The van der Waals surface area contributed by atoms with Crippen molar-refractivity contribution in [2.24, 2.45) is 5.41 Å². The fraction of sp³-hybridized carbons (Fsp3) is 0.567. The molecule has 0 unspecified atom stereocenters. The highest BCUT2D eigenvalue weighted by atomic mass is 19.1. The van der Waals surface area contributed by atoms with E-state index in [9.17, 15) is 33.2 Å². The molecule has 6 atom stereocenters. The molecule has 0 saturated carbocycles. The van der Waals surface area contributed by atoms with E-state index >= 15 is 0 Å². The summed E-state index contributed by atoms with van der Waals surface area (Å²) < 4.78 is 39.1. The number of nitrogens with one attached hydrogen (secondary N) is 5. The van der Waals surface area contributed by atoms with Gasteiger partial charge in [-0.1, -0.05) is 58.0 Å². The van der Waals surface area contributed by atoms with Gasteiger partial charge in [-0.05, 0) is 87.4 Å². The van der Waals surface area contributed by atoms with Crippen LogP contribution in [0.25, 0.3) is 11.1 Å². The van der Waals surface area contributed by atoms with E-state index in [1.54, 1.807) is 38.2 Å². The minimum Gasteiger partial charge on any atom is -0.382 e. The highest BCUT2D eigenvalue weighted by Crippen LogP contribution is 2.42. The summed E-state index contributed by atoms with van der Waals surface area (Å²) in [6.45, 7) is 15.0. The number of fused-ring (bicyclic) bond motifs is 8. The van der Waals surface area contributed by atoms with Crippen LogP contribution in [0.3, 0.4) is 0 Å². The van der Waals surface area contributed by atoms with Crippen molar-refractivity contribution in [1.29, 1.82) is 0 Å². The Morgan fingerprint density at radius 2 is 1.55 bits per heavy atom. The lowest BCUT2D eigenvalue weighted by atomic mass is 9.85. The number of hydrogen-bond donors (Lipinski definition) is 6. The molecule has 22 nitrogen and oxygen atoms in total. The van der Waals surface area contributed by atoms with Gasteiger partial charge in [0.25, 0.3) is 5.91 Å². The van der Waals surface area contributed by atoms with Crippen LogP contribution in [-0.2, 0) is 56.0 Å². The number of amides is 6. The number of aromatic nitrogens is 3. The second-order valence-electron chi connectivity index (χ2n) is 22.5. The molecule has 0 aliphatic carbocycles. The topological polar surface area (TPSA) is 266 Å². The normalized spacial score (nSPS) is 18.0. The van der Waals surface area contributed by atoms with Crippen molar-refractivity contribution in [3.63, 3.8) is 0 Å². The minimum absolute atomic E-state index is 0.0592. The SMILES string of the molecule is CC[C@H](NC(=O)[C@H]1C[C@@H](NC(=O)CCOCCOCCOCCOCCC(=O)NCCn2nc3c(c2C)-c2cnc(N)c(c2)N2CCC[C@@H]2c2cc(F)ccc2C(=O)N(C)C3)CN1C(=O)[C@H](NC(=O)[C@@H](C)NC)C(C)(C)C)c1ccccc1. The molecule has 23 heteroatoms. The Morgan fingerprint density at radius 1 is 0.892 bits per heavy atom.